The second-order valence-corrected chi connectivity index (χ2v) is 5.04. The van der Waals surface area contributed by atoms with Crippen LogP contribution in [0.25, 0.3) is 0 Å². The maximum absolute atomic E-state index is 13.7. The molecule has 0 aromatic heterocycles. The van der Waals surface area contributed by atoms with Crippen molar-refractivity contribution in [2.75, 3.05) is 13.2 Å². The van der Waals surface area contributed by atoms with Gasteiger partial charge in [-0.2, -0.15) is 0 Å². The van der Waals surface area contributed by atoms with E-state index in [1.54, 1.807) is 12.1 Å². The number of benzene rings is 1. The summed E-state index contributed by atoms with van der Waals surface area (Å²) in [6, 6.07) is 3.99. The maximum atomic E-state index is 13.7. The zero-order valence-electron chi connectivity index (χ0n) is 10.3. The Morgan fingerprint density at radius 3 is 2.72 bits per heavy atom. The monoisotopic (exact) mass is 273 g/mol. The predicted molar refractivity (Wildman–Crippen MR) is 67.9 cm³/mol. The second kappa shape index (κ2) is 5.53. The average Bonchev–Trinajstić information content (AvgIpc) is 2.28. The number of rotatable bonds is 3. The standard InChI is InChI=1S/C13H17ClFNO2/c1-13(17-6-3-7-18-13)8-11(16)12-9(14)4-2-5-10(12)15/h2,4-5,11H,3,6-8,16H2,1H3. The molecule has 100 valence electrons. The van der Waals surface area contributed by atoms with Crippen molar-refractivity contribution in [2.24, 2.45) is 5.73 Å². The first-order chi connectivity index (χ1) is 8.52. The summed E-state index contributed by atoms with van der Waals surface area (Å²) in [5.41, 5.74) is 6.35. The highest BCUT2D eigenvalue weighted by molar-refractivity contribution is 6.31. The lowest BCUT2D eigenvalue weighted by Crippen LogP contribution is -2.40. The normalized spacial score (nSPS) is 20.7. The van der Waals surface area contributed by atoms with E-state index >= 15 is 0 Å². The van der Waals surface area contributed by atoms with Crippen LogP contribution in [-0.4, -0.2) is 19.0 Å². The minimum absolute atomic E-state index is 0.318. The molecule has 1 aromatic carbocycles. The molecule has 3 nitrogen and oxygen atoms in total. The van der Waals surface area contributed by atoms with Crippen LogP contribution in [0.1, 0.15) is 31.4 Å². The molecule has 0 saturated carbocycles. The Hall–Kier alpha value is -0.680. The highest BCUT2D eigenvalue weighted by Gasteiger charge is 2.33. The van der Waals surface area contributed by atoms with Gasteiger partial charge in [-0.25, -0.2) is 4.39 Å². The van der Waals surface area contributed by atoms with Gasteiger partial charge in [-0.1, -0.05) is 17.7 Å². The van der Waals surface area contributed by atoms with Gasteiger partial charge in [0.15, 0.2) is 5.79 Å². The van der Waals surface area contributed by atoms with Gasteiger partial charge in [0.05, 0.1) is 13.2 Å². The summed E-state index contributed by atoms with van der Waals surface area (Å²) in [5, 5.41) is 0.335. The molecule has 5 heteroatoms. The molecule has 1 aliphatic heterocycles. The third-order valence-corrected chi connectivity index (χ3v) is 3.39. The third kappa shape index (κ3) is 3.01. The van der Waals surface area contributed by atoms with Gasteiger partial charge in [-0.15, -0.1) is 0 Å². The lowest BCUT2D eigenvalue weighted by atomic mass is 9.99. The highest BCUT2D eigenvalue weighted by Crippen LogP contribution is 2.33. The van der Waals surface area contributed by atoms with Crippen LogP contribution in [0.5, 0.6) is 0 Å². The summed E-state index contributed by atoms with van der Waals surface area (Å²) in [6.45, 7) is 3.09. The molecule has 0 spiro atoms. The number of ether oxygens (including phenoxy) is 2. The molecule has 1 unspecified atom stereocenters. The number of nitrogens with two attached hydrogens (primary N) is 1. The van der Waals surface area contributed by atoms with Crippen molar-refractivity contribution < 1.29 is 13.9 Å². The Morgan fingerprint density at radius 1 is 1.44 bits per heavy atom. The minimum Gasteiger partial charge on any atom is -0.350 e. The van der Waals surface area contributed by atoms with Crippen LogP contribution in [0.4, 0.5) is 4.39 Å². The van der Waals surface area contributed by atoms with Crippen LogP contribution in [-0.2, 0) is 9.47 Å². The summed E-state index contributed by atoms with van der Waals surface area (Å²) in [4.78, 5) is 0. The van der Waals surface area contributed by atoms with Crippen molar-refractivity contribution in [2.45, 2.75) is 31.6 Å². The highest BCUT2D eigenvalue weighted by atomic mass is 35.5. The summed E-state index contributed by atoms with van der Waals surface area (Å²) in [7, 11) is 0. The first-order valence-corrected chi connectivity index (χ1v) is 6.37. The Morgan fingerprint density at radius 2 is 2.11 bits per heavy atom. The molecular formula is C13H17ClFNO2. The van der Waals surface area contributed by atoms with E-state index in [0.29, 0.717) is 30.2 Å². The van der Waals surface area contributed by atoms with Crippen LogP contribution in [0.2, 0.25) is 5.02 Å². The quantitative estimate of drug-likeness (QED) is 0.921. The lowest BCUT2D eigenvalue weighted by Gasteiger charge is -2.36. The minimum atomic E-state index is -0.761. The average molecular weight is 274 g/mol. The summed E-state index contributed by atoms with van der Waals surface area (Å²) in [5.74, 6) is -1.15. The molecule has 1 aliphatic rings. The predicted octanol–water partition coefficient (Wildman–Crippen LogP) is 3.02. The molecule has 0 aliphatic carbocycles. The molecule has 2 N–H and O–H groups in total. The van der Waals surface area contributed by atoms with Crippen LogP contribution >= 0.6 is 11.6 Å². The van der Waals surface area contributed by atoms with E-state index in [2.05, 4.69) is 0 Å². The molecule has 1 heterocycles. The van der Waals surface area contributed by atoms with Crippen molar-refractivity contribution in [3.05, 3.63) is 34.6 Å². The van der Waals surface area contributed by atoms with Gasteiger partial charge in [0, 0.05) is 23.0 Å². The van der Waals surface area contributed by atoms with Crippen molar-refractivity contribution in [1.29, 1.82) is 0 Å². The molecule has 0 amide bonds. The van der Waals surface area contributed by atoms with E-state index in [1.165, 1.54) is 6.07 Å². The molecule has 1 atom stereocenters. The van der Waals surface area contributed by atoms with E-state index in [1.807, 2.05) is 6.92 Å². The van der Waals surface area contributed by atoms with Crippen molar-refractivity contribution in [3.8, 4) is 0 Å². The molecule has 0 radical (unpaired) electrons. The second-order valence-electron chi connectivity index (χ2n) is 4.63. The Kier molecular flexibility index (Phi) is 4.22. The smallest absolute Gasteiger partial charge is 0.167 e. The first kappa shape index (κ1) is 13.7. The van der Waals surface area contributed by atoms with E-state index < -0.39 is 17.6 Å². The Balaban J connectivity index is 2.14. The Bertz CT molecular complexity index is 401. The fraction of sp³-hybridized carbons (Fsp3) is 0.538. The fourth-order valence-corrected chi connectivity index (χ4v) is 2.46. The van der Waals surface area contributed by atoms with Crippen LogP contribution in [0.3, 0.4) is 0 Å². The van der Waals surface area contributed by atoms with Crippen molar-refractivity contribution >= 4 is 11.6 Å². The molecule has 0 bridgehead atoms. The SMILES string of the molecule is CC1(CC(N)c2c(F)cccc2Cl)OCCCO1. The van der Waals surface area contributed by atoms with Gasteiger partial charge in [0.25, 0.3) is 0 Å². The number of hydrogen-bond acceptors (Lipinski definition) is 3. The van der Waals surface area contributed by atoms with Gasteiger partial charge in [-0.3, -0.25) is 0 Å². The Labute approximate surface area is 111 Å². The fourth-order valence-electron chi connectivity index (χ4n) is 2.16. The topological polar surface area (TPSA) is 44.5 Å². The number of halogens is 2. The molecule has 2 rings (SSSR count). The molecule has 1 saturated heterocycles. The molecule has 1 aromatic rings. The van der Waals surface area contributed by atoms with Gasteiger partial charge >= 0.3 is 0 Å². The van der Waals surface area contributed by atoms with Gasteiger partial charge in [0.1, 0.15) is 5.82 Å². The van der Waals surface area contributed by atoms with Crippen molar-refractivity contribution in [1.82, 2.24) is 0 Å². The van der Waals surface area contributed by atoms with Gasteiger partial charge < -0.3 is 15.2 Å². The van der Waals surface area contributed by atoms with Gasteiger partial charge in [-0.05, 0) is 25.5 Å². The molecule has 18 heavy (non-hydrogen) atoms. The van der Waals surface area contributed by atoms with Crippen LogP contribution in [0.15, 0.2) is 18.2 Å². The van der Waals surface area contributed by atoms with E-state index in [0.717, 1.165) is 6.42 Å². The van der Waals surface area contributed by atoms with E-state index in [9.17, 15) is 4.39 Å². The lowest BCUT2D eigenvalue weighted by molar-refractivity contribution is -0.261. The van der Waals surface area contributed by atoms with E-state index in [4.69, 9.17) is 26.8 Å². The number of hydrogen-bond donors (Lipinski definition) is 1. The largest absolute Gasteiger partial charge is 0.350 e. The maximum Gasteiger partial charge on any atom is 0.167 e. The summed E-state index contributed by atoms with van der Waals surface area (Å²) >= 11 is 5.99. The first-order valence-electron chi connectivity index (χ1n) is 5.99. The van der Waals surface area contributed by atoms with Crippen LogP contribution < -0.4 is 5.73 Å². The van der Waals surface area contributed by atoms with Crippen molar-refractivity contribution in [3.63, 3.8) is 0 Å². The zero-order chi connectivity index (χ0) is 13.2. The molecular weight excluding hydrogens is 257 g/mol. The van der Waals surface area contributed by atoms with Gasteiger partial charge in [0.2, 0.25) is 0 Å². The third-order valence-electron chi connectivity index (χ3n) is 3.06. The summed E-state index contributed by atoms with van der Waals surface area (Å²) < 4.78 is 24.9. The summed E-state index contributed by atoms with van der Waals surface area (Å²) in [6.07, 6.45) is 1.24. The molecule has 1 fully saturated rings. The van der Waals surface area contributed by atoms with Crippen LogP contribution in [0, 0.1) is 5.82 Å². The zero-order valence-corrected chi connectivity index (χ0v) is 11.0. The van der Waals surface area contributed by atoms with E-state index in [-0.39, 0.29) is 0 Å².